The van der Waals surface area contributed by atoms with Crippen molar-refractivity contribution >= 4 is 16.8 Å². The molecule has 1 amide bonds. The van der Waals surface area contributed by atoms with Crippen LogP contribution < -0.4 is 4.74 Å². The summed E-state index contributed by atoms with van der Waals surface area (Å²) in [5, 5.41) is 1.08. The first kappa shape index (κ1) is 14.6. The van der Waals surface area contributed by atoms with Crippen LogP contribution in [-0.4, -0.2) is 22.5 Å². The first-order valence-corrected chi connectivity index (χ1v) is 7.89. The van der Waals surface area contributed by atoms with E-state index in [1.807, 2.05) is 65.6 Å². The van der Waals surface area contributed by atoms with Crippen molar-refractivity contribution < 1.29 is 9.53 Å². The second-order valence-corrected chi connectivity index (χ2v) is 5.89. The highest BCUT2D eigenvalue weighted by atomic mass is 16.5. The number of amides is 1. The van der Waals surface area contributed by atoms with Gasteiger partial charge in [0, 0.05) is 11.9 Å². The van der Waals surface area contributed by atoms with Gasteiger partial charge in [-0.3, -0.25) is 4.79 Å². The maximum Gasteiger partial charge on any atom is 0.272 e. The fourth-order valence-corrected chi connectivity index (χ4v) is 3.36. The van der Waals surface area contributed by atoms with Gasteiger partial charge in [-0.05, 0) is 35.9 Å². The third-order valence-electron chi connectivity index (χ3n) is 4.53. The lowest BCUT2D eigenvalue weighted by atomic mass is 10.2. The summed E-state index contributed by atoms with van der Waals surface area (Å²) in [6.07, 6.45) is 1.65. The van der Waals surface area contributed by atoms with E-state index in [9.17, 15) is 4.79 Å². The number of fused-ring (bicyclic) bond motifs is 3. The predicted molar refractivity (Wildman–Crippen MR) is 94.0 cm³/mol. The lowest BCUT2D eigenvalue weighted by molar-refractivity contribution is 0.0724. The molecule has 1 aromatic heterocycles. The molecule has 4 nitrogen and oxygen atoms in total. The van der Waals surface area contributed by atoms with Crippen LogP contribution in [0.4, 0.5) is 0 Å². The van der Waals surface area contributed by atoms with Gasteiger partial charge in [0.1, 0.15) is 17.6 Å². The zero-order valence-electron chi connectivity index (χ0n) is 13.5. The zero-order chi connectivity index (χ0) is 16.7. The van der Waals surface area contributed by atoms with Gasteiger partial charge in [-0.15, -0.1) is 0 Å². The number of hydrogen-bond donors (Lipinski definition) is 0. The van der Waals surface area contributed by atoms with E-state index in [0.29, 0.717) is 6.54 Å². The number of benzene rings is 2. The number of carbonyl (C=O) groups is 1. The van der Waals surface area contributed by atoms with E-state index in [1.54, 1.807) is 7.11 Å². The van der Waals surface area contributed by atoms with Crippen LogP contribution in [0.1, 0.15) is 22.2 Å². The fourth-order valence-electron chi connectivity index (χ4n) is 3.36. The first-order chi connectivity index (χ1) is 11.7. The maximum atomic E-state index is 12.9. The summed E-state index contributed by atoms with van der Waals surface area (Å²) in [5.74, 6) is 0.843. The summed E-state index contributed by atoms with van der Waals surface area (Å²) >= 11 is 0. The Bertz CT molecular complexity index is 924. The van der Waals surface area contributed by atoms with E-state index < -0.39 is 0 Å². The Kier molecular flexibility index (Phi) is 3.38. The summed E-state index contributed by atoms with van der Waals surface area (Å²) in [7, 11) is 1.64. The molecule has 120 valence electrons. The molecule has 0 saturated carbocycles. The molecule has 1 unspecified atom stereocenters. The molecule has 4 heteroatoms. The van der Waals surface area contributed by atoms with Crippen molar-refractivity contribution in [2.45, 2.75) is 12.7 Å². The molecule has 4 rings (SSSR count). The lowest BCUT2D eigenvalue weighted by Gasteiger charge is -2.24. The minimum Gasteiger partial charge on any atom is -0.497 e. The summed E-state index contributed by atoms with van der Waals surface area (Å²) in [5.41, 5.74) is 2.84. The molecule has 0 saturated heterocycles. The number of hydrogen-bond acceptors (Lipinski definition) is 2. The van der Waals surface area contributed by atoms with Gasteiger partial charge in [0.2, 0.25) is 0 Å². The van der Waals surface area contributed by atoms with Crippen molar-refractivity contribution in [3.63, 3.8) is 0 Å². The van der Waals surface area contributed by atoms with Crippen LogP contribution in [-0.2, 0) is 6.54 Å². The second kappa shape index (κ2) is 5.57. The van der Waals surface area contributed by atoms with Crippen LogP contribution in [0.5, 0.6) is 5.75 Å². The number of para-hydroxylation sites is 1. The molecule has 1 aliphatic rings. The van der Waals surface area contributed by atoms with Crippen molar-refractivity contribution in [2.24, 2.45) is 0 Å². The molecule has 0 fully saturated rings. The van der Waals surface area contributed by atoms with E-state index >= 15 is 0 Å². The van der Waals surface area contributed by atoms with Gasteiger partial charge < -0.3 is 14.2 Å². The summed E-state index contributed by atoms with van der Waals surface area (Å²) < 4.78 is 7.25. The Labute approximate surface area is 140 Å². The van der Waals surface area contributed by atoms with E-state index in [4.69, 9.17) is 4.74 Å². The molecule has 2 aromatic carbocycles. The van der Waals surface area contributed by atoms with Gasteiger partial charge in [-0.2, -0.15) is 0 Å². The average Bonchev–Trinajstić information content (AvgIpc) is 3.12. The largest absolute Gasteiger partial charge is 0.497 e. The minimum atomic E-state index is -0.172. The summed E-state index contributed by atoms with van der Waals surface area (Å²) in [4.78, 5) is 14.7. The molecule has 0 aliphatic carbocycles. The SMILES string of the molecule is C=CC1N(Cc2ccc(OC)cc2)C(=O)c2cc3ccccc3n21. The van der Waals surface area contributed by atoms with Crippen LogP contribution in [0, 0.1) is 0 Å². The van der Waals surface area contributed by atoms with Gasteiger partial charge >= 0.3 is 0 Å². The number of rotatable bonds is 4. The highest BCUT2D eigenvalue weighted by Gasteiger charge is 2.36. The number of nitrogens with zero attached hydrogens (tertiary/aromatic N) is 2. The Morgan fingerprint density at radius 3 is 2.62 bits per heavy atom. The van der Waals surface area contributed by atoms with Crippen molar-refractivity contribution in [2.75, 3.05) is 7.11 Å². The average molecular weight is 318 g/mol. The number of ether oxygens (including phenoxy) is 1. The molecule has 0 radical (unpaired) electrons. The quantitative estimate of drug-likeness (QED) is 0.682. The van der Waals surface area contributed by atoms with Gasteiger partial charge in [0.15, 0.2) is 0 Å². The fraction of sp³-hybridized carbons (Fsp3) is 0.150. The molecule has 0 spiro atoms. The Morgan fingerprint density at radius 2 is 1.92 bits per heavy atom. The molecule has 3 aromatic rings. The lowest BCUT2D eigenvalue weighted by Crippen LogP contribution is -2.27. The van der Waals surface area contributed by atoms with Gasteiger partial charge in [0.05, 0.1) is 12.6 Å². The van der Waals surface area contributed by atoms with Gasteiger partial charge in [-0.25, -0.2) is 0 Å². The summed E-state index contributed by atoms with van der Waals surface area (Å²) in [6, 6.07) is 17.8. The molecule has 0 N–H and O–H groups in total. The van der Waals surface area contributed by atoms with Crippen LogP contribution in [0.15, 0.2) is 67.3 Å². The third-order valence-corrected chi connectivity index (χ3v) is 4.53. The van der Waals surface area contributed by atoms with Crippen molar-refractivity contribution in [3.8, 4) is 5.75 Å². The molecule has 1 aliphatic heterocycles. The monoisotopic (exact) mass is 318 g/mol. The van der Waals surface area contributed by atoms with Crippen molar-refractivity contribution in [1.29, 1.82) is 0 Å². The topological polar surface area (TPSA) is 34.5 Å². The molecule has 1 atom stereocenters. The van der Waals surface area contributed by atoms with Crippen LogP contribution in [0.25, 0.3) is 10.9 Å². The van der Waals surface area contributed by atoms with Gasteiger partial charge in [-0.1, -0.05) is 36.9 Å². The first-order valence-electron chi connectivity index (χ1n) is 7.89. The second-order valence-electron chi connectivity index (χ2n) is 5.89. The van der Waals surface area contributed by atoms with Crippen LogP contribution in [0.2, 0.25) is 0 Å². The molecule has 0 bridgehead atoms. The maximum absolute atomic E-state index is 12.9. The molecule has 24 heavy (non-hydrogen) atoms. The standard InChI is InChI=1S/C20H18N2O2/c1-3-19-21(13-14-8-10-16(24-2)11-9-14)20(23)18-12-15-6-4-5-7-17(15)22(18)19/h3-12,19H,1,13H2,2H3. The molecular formula is C20H18N2O2. The third kappa shape index (κ3) is 2.11. The van der Waals surface area contributed by atoms with Crippen molar-refractivity contribution in [3.05, 3.63) is 78.5 Å². The zero-order valence-corrected chi connectivity index (χ0v) is 13.5. The normalized spacial score (nSPS) is 16.5. The van der Waals surface area contributed by atoms with E-state index in [2.05, 4.69) is 11.1 Å². The highest BCUT2D eigenvalue weighted by molar-refractivity contribution is 6.01. The van der Waals surface area contributed by atoms with E-state index in [1.165, 1.54) is 0 Å². The van der Waals surface area contributed by atoms with E-state index in [0.717, 1.165) is 27.9 Å². The van der Waals surface area contributed by atoms with Crippen molar-refractivity contribution in [1.82, 2.24) is 9.47 Å². The molecule has 2 heterocycles. The highest BCUT2D eigenvalue weighted by Crippen LogP contribution is 2.35. The van der Waals surface area contributed by atoms with Crippen LogP contribution >= 0.6 is 0 Å². The smallest absolute Gasteiger partial charge is 0.272 e. The minimum absolute atomic E-state index is 0.0342. The summed E-state index contributed by atoms with van der Waals surface area (Å²) in [6.45, 7) is 4.48. The number of carbonyl (C=O) groups excluding carboxylic acids is 1. The number of methoxy groups -OCH3 is 1. The van der Waals surface area contributed by atoms with E-state index in [-0.39, 0.29) is 12.1 Å². The Balaban J connectivity index is 1.71. The predicted octanol–water partition coefficient (Wildman–Crippen LogP) is 3.99. The molecular weight excluding hydrogens is 300 g/mol. The van der Waals surface area contributed by atoms with Gasteiger partial charge in [0.25, 0.3) is 5.91 Å². The number of aromatic nitrogens is 1. The Morgan fingerprint density at radius 1 is 1.17 bits per heavy atom. The Hall–Kier alpha value is -3.01. The van der Waals surface area contributed by atoms with Crippen LogP contribution in [0.3, 0.4) is 0 Å².